The summed E-state index contributed by atoms with van der Waals surface area (Å²) in [6, 6.07) is 14.0. The van der Waals surface area contributed by atoms with Crippen LogP contribution in [0.15, 0.2) is 75.0 Å². The second-order valence-electron chi connectivity index (χ2n) is 7.45. The zero-order chi connectivity index (χ0) is 22.2. The van der Waals surface area contributed by atoms with Gasteiger partial charge in [0.25, 0.3) is 5.56 Å². The van der Waals surface area contributed by atoms with Crippen molar-refractivity contribution < 1.29 is 17.2 Å². The van der Waals surface area contributed by atoms with Crippen molar-refractivity contribution >= 4 is 20.9 Å². The second-order valence-corrected chi connectivity index (χ2v) is 9.36. The van der Waals surface area contributed by atoms with Gasteiger partial charge >= 0.3 is 0 Å². The molecule has 160 valence electrons. The Labute approximate surface area is 179 Å². The summed E-state index contributed by atoms with van der Waals surface area (Å²) in [5.41, 5.74) is 2.51. The number of benzene rings is 2. The van der Waals surface area contributed by atoms with Gasteiger partial charge in [-0.25, -0.2) is 12.8 Å². The maximum atomic E-state index is 14.3. The van der Waals surface area contributed by atoms with Crippen LogP contribution in [-0.2, 0) is 23.1 Å². The molecule has 0 fully saturated rings. The molecule has 0 atom stereocenters. The quantitative estimate of drug-likeness (QED) is 0.485. The maximum Gasteiger partial charge on any atom is 0.252 e. The van der Waals surface area contributed by atoms with E-state index >= 15 is 0 Å². The summed E-state index contributed by atoms with van der Waals surface area (Å²) < 4.78 is 47.3. The Kier molecular flexibility index (Phi) is 5.51. The van der Waals surface area contributed by atoms with Gasteiger partial charge < -0.3 is 9.40 Å². The molecule has 0 aliphatic carbocycles. The van der Waals surface area contributed by atoms with Gasteiger partial charge in [-0.1, -0.05) is 18.2 Å². The Balaban J connectivity index is 1.81. The first-order valence-corrected chi connectivity index (χ1v) is 11.1. The Morgan fingerprint density at radius 1 is 1.03 bits per heavy atom. The normalized spacial score (nSPS) is 12.0. The predicted molar refractivity (Wildman–Crippen MR) is 116 cm³/mol. The predicted octanol–water partition coefficient (Wildman–Crippen LogP) is 4.27. The largest absolute Gasteiger partial charge is 0.468 e. The molecule has 1 N–H and O–H groups in total. The Hall–Kier alpha value is -3.23. The molecule has 2 aromatic carbocycles. The Morgan fingerprint density at radius 2 is 1.81 bits per heavy atom. The number of fused-ring (bicyclic) bond motifs is 1. The molecule has 0 spiro atoms. The van der Waals surface area contributed by atoms with E-state index in [1.54, 1.807) is 18.2 Å². The molecule has 6 nitrogen and oxygen atoms in total. The maximum absolute atomic E-state index is 14.3. The van der Waals surface area contributed by atoms with E-state index in [2.05, 4.69) is 4.98 Å². The van der Waals surface area contributed by atoms with Crippen molar-refractivity contribution in [3.63, 3.8) is 0 Å². The average molecular weight is 440 g/mol. The van der Waals surface area contributed by atoms with Gasteiger partial charge in [-0.3, -0.25) is 4.79 Å². The molecule has 0 bridgehead atoms. The molecular weight excluding hydrogens is 419 g/mol. The summed E-state index contributed by atoms with van der Waals surface area (Å²) in [4.78, 5) is 15.1. The number of H-pyrrole nitrogens is 1. The number of aryl methyl sites for hydroxylation is 2. The number of nitrogens with zero attached hydrogens (tertiary/aromatic N) is 1. The summed E-state index contributed by atoms with van der Waals surface area (Å²) in [5.74, 6) is -0.477. The molecule has 2 aromatic heterocycles. The van der Waals surface area contributed by atoms with Crippen LogP contribution in [0.25, 0.3) is 10.9 Å². The lowest BCUT2D eigenvalue weighted by molar-refractivity contribution is 0.356. The van der Waals surface area contributed by atoms with E-state index in [1.165, 1.54) is 24.5 Å². The molecule has 8 heteroatoms. The minimum atomic E-state index is -4.25. The number of sulfonamides is 1. The third-order valence-electron chi connectivity index (χ3n) is 5.10. The van der Waals surface area contributed by atoms with Crippen molar-refractivity contribution in [1.29, 1.82) is 0 Å². The summed E-state index contributed by atoms with van der Waals surface area (Å²) in [5, 5.41) is 0.821. The van der Waals surface area contributed by atoms with Gasteiger partial charge in [0, 0.05) is 23.0 Å². The highest BCUT2D eigenvalue weighted by atomic mass is 32.2. The molecule has 0 saturated heterocycles. The standard InChI is InChI=1S/C23H21FN2O4S/c1-15-10-16(2)19-12-17(23(27)25-21(19)11-15)13-26(14-18-6-5-9-30-18)31(28,29)22-8-4-3-7-20(22)24/h3-12H,13-14H2,1-2H3,(H,25,27). The van der Waals surface area contributed by atoms with E-state index in [-0.39, 0.29) is 18.7 Å². The van der Waals surface area contributed by atoms with Crippen LogP contribution < -0.4 is 5.56 Å². The lowest BCUT2D eigenvalue weighted by Crippen LogP contribution is -2.33. The van der Waals surface area contributed by atoms with Gasteiger partial charge in [0.05, 0.1) is 12.8 Å². The fourth-order valence-corrected chi connectivity index (χ4v) is 5.07. The van der Waals surface area contributed by atoms with Crippen LogP contribution in [0, 0.1) is 19.7 Å². The van der Waals surface area contributed by atoms with Crippen molar-refractivity contribution in [2.45, 2.75) is 31.8 Å². The molecule has 4 aromatic rings. The molecule has 4 rings (SSSR count). The van der Waals surface area contributed by atoms with Crippen LogP contribution in [0.3, 0.4) is 0 Å². The van der Waals surface area contributed by atoms with Crippen molar-refractivity contribution in [3.8, 4) is 0 Å². The van der Waals surface area contributed by atoms with Crippen LogP contribution in [-0.4, -0.2) is 17.7 Å². The van der Waals surface area contributed by atoms with Crippen LogP contribution >= 0.6 is 0 Å². The molecule has 0 radical (unpaired) electrons. The van der Waals surface area contributed by atoms with Gasteiger partial charge in [0.1, 0.15) is 16.5 Å². The fraction of sp³-hybridized carbons (Fsp3) is 0.174. The number of hydrogen-bond acceptors (Lipinski definition) is 4. The fourth-order valence-electron chi connectivity index (χ4n) is 3.62. The Bertz CT molecular complexity index is 1410. The molecule has 31 heavy (non-hydrogen) atoms. The third kappa shape index (κ3) is 4.17. The summed E-state index contributed by atoms with van der Waals surface area (Å²) in [7, 11) is -4.25. The van der Waals surface area contributed by atoms with E-state index in [4.69, 9.17) is 4.42 Å². The van der Waals surface area contributed by atoms with Gasteiger partial charge in [-0.05, 0) is 61.4 Å². The first-order chi connectivity index (χ1) is 14.8. The number of aromatic nitrogens is 1. The first-order valence-electron chi connectivity index (χ1n) is 9.66. The SMILES string of the molecule is Cc1cc(C)c2cc(CN(Cc3ccco3)S(=O)(=O)c3ccccc3F)c(=O)[nH]c2c1. The minimum absolute atomic E-state index is 0.145. The molecule has 0 unspecified atom stereocenters. The monoisotopic (exact) mass is 440 g/mol. The van der Waals surface area contributed by atoms with Gasteiger partial charge in [-0.15, -0.1) is 0 Å². The number of rotatable bonds is 6. The molecular formula is C23H21FN2O4S. The number of nitrogens with one attached hydrogen (secondary N) is 1. The van der Waals surface area contributed by atoms with E-state index in [1.807, 2.05) is 26.0 Å². The molecule has 0 aliphatic heterocycles. The third-order valence-corrected chi connectivity index (χ3v) is 6.93. The molecule has 2 heterocycles. The van der Waals surface area contributed by atoms with Gasteiger partial charge in [0.15, 0.2) is 0 Å². The zero-order valence-corrected chi connectivity index (χ0v) is 17.9. The summed E-state index contributed by atoms with van der Waals surface area (Å²) >= 11 is 0. The Morgan fingerprint density at radius 3 is 2.52 bits per heavy atom. The summed E-state index contributed by atoms with van der Waals surface area (Å²) in [6.45, 7) is 3.48. The van der Waals surface area contributed by atoms with Crippen molar-refractivity contribution in [2.24, 2.45) is 0 Å². The number of pyridine rings is 1. The van der Waals surface area contributed by atoms with Gasteiger partial charge in [-0.2, -0.15) is 4.31 Å². The molecule has 0 aliphatic rings. The van der Waals surface area contributed by atoms with Crippen LogP contribution in [0.4, 0.5) is 4.39 Å². The minimum Gasteiger partial charge on any atom is -0.468 e. The van der Waals surface area contributed by atoms with Crippen LogP contribution in [0.5, 0.6) is 0 Å². The highest BCUT2D eigenvalue weighted by Gasteiger charge is 2.29. The lowest BCUT2D eigenvalue weighted by atomic mass is 10.0. The summed E-state index contributed by atoms with van der Waals surface area (Å²) in [6.07, 6.45) is 1.43. The van der Waals surface area contributed by atoms with Crippen LogP contribution in [0.1, 0.15) is 22.5 Å². The lowest BCUT2D eigenvalue weighted by Gasteiger charge is -2.21. The topological polar surface area (TPSA) is 83.4 Å². The van der Waals surface area contributed by atoms with Crippen molar-refractivity contribution in [2.75, 3.05) is 0 Å². The van der Waals surface area contributed by atoms with E-state index < -0.39 is 26.3 Å². The average Bonchev–Trinajstić information content (AvgIpc) is 3.21. The van der Waals surface area contributed by atoms with Crippen molar-refractivity contribution in [3.05, 3.63) is 99.5 Å². The van der Waals surface area contributed by atoms with Crippen LogP contribution in [0.2, 0.25) is 0 Å². The zero-order valence-electron chi connectivity index (χ0n) is 17.1. The van der Waals surface area contributed by atoms with Crippen molar-refractivity contribution in [1.82, 2.24) is 9.29 Å². The van der Waals surface area contributed by atoms with E-state index in [0.717, 1.165) is 26.9 Å². The molecule has 0 saturated carbocycles. The smallest absolute Gasteiger partial charge is 0.252 e. The van der Waals surface area contributed by atoms with Gasteiger partial charge in [0.2, 0.25) is 10.0 Å². The highest BCUT2D eigenvalue weighted by molar-refractivity contribution is 7.89. The van der Waals surface area contributed by atoms with E-state index in [9.17, 15) is 17.6 Å². The number of halogens is 1. The molecule has 0 amide bonds. The second kappa shape index (κ2) is 8.13. The van der Waals surface area contributed by atoms with E-state index in [0.29, 0.717) is 11.3 Å². The highest BCUT2D eigenvalue weighted by Crippen LogP contribution is 2.24. The number of furan rings is 1. The number of aromatic amines is 1. The first kappa shape index (κ1) is 21.0. The number of hydrogen-bond donors (Lipinski definition) is 1.